The smallest absolute Gasteiger partial charge is 0.303 e. The molecule has 108 valence electrons. The number of pyridine rings is 1. The first-order valence-electron chi connectivity index (χ1n) is 7.50. The van der Waals surface area contributed by atoms with Crippen molar-refractivity contribution >= 4 is 5.97 Å². The van der Waals surface area contributed by atoms with Crippen LogP contribution in [-0.2, 0) is 11.3 Å². The first kappa shape index (κ1) is 13.6. The largest absolute Gasteiger partial charge is 0.481 e. The average molecular weight is 274 g/mol. The quantitative estimate of drug-likeness (QED) is 0.917. The van der Waals surface area contributed by atoms with Gasteiger partial charge in [0.25, 0.3) is 0 Å². The van der Waals surface area contributed by atoms with Gasteiger partial charge in [-0.05, 0) is 49.7 Å². The third-order valence-electron chi connectivity index (χ3n) is 4.74. The lowest BCUT2D eigenvalue weighted by atomic mass is 9.88. The molecule has 3 heterocycles. The van der Waals surface area contributed by atoms with E-state index >= 15 is 0 Å². The third-order valence-corrected chi connectivity index (χ3v) is 4.74. The number of carboxylic acids is 1. The number of aliphatic carboxylic acids is 1. The first-order valence-corrected chi connectivity index (χ1v) is 7.50. The Bertz CT molecular complexity index is 489. The summed E-state index contributed by atoms with van der Waals surface area (Å²) in [4.78, 5) is 17.7. The molecule has 0 radical (unpaired) electrons. The number of carboxylic acid groups (broad SMARTS) is 1. The molecule has 2 aliphatic heterocycles. The summed E-state index contributed by atoms with van der Waals surface area (Å²) < 4.78 is 0. The maximum atomic E-state index is 10.9. The van der Waals surface area contributed by atoms with Crippen LogP contribution < -0.4 is 0 Å². The summed E-state index contributed by atoms with van der Waals surface area (Å²) in [5.41, 5.74) is 2.48. The van der Waals surface area contributed by atoms with Crippen LogP contribution in [0.15, 0.2) is 18.5 Å². The molecule has 0 aliphatic carbocycles. The third kappa shape index (κ3) is 2.85. The second-order valence-corrected chi connectivity index (χ2v) is 6.36. The molecule has 1 aromatic rings. The van der Waals surface area contributed by atoms with Gasteiger partial charge >= 0.3 is 5.97 Å². The van der Waals surface area contributed by atoms with Crippen molar-refractivity contribution in [3.05, 3.63) is 29.6 Å². The summed E-state index contributed by atoms with van der Waals surface area (Å²) in [6.07, 6.45) is 8.71. The molecular weight excluding hydrogens is 252 g/mol. The van der Waals surface area contributed by atoms with Crippen LogP contribution in [-0.4, -0.2) is 33.0 Å². The van der Waals surface area contributed by atoms with Gasteiger partial charge in [0.2, 0.25) is 0 Å². The van der Waals surface area contributed by atoms with E-state index in [-0.39, 0.29) is 0 Å². The van der Waals surface area contributed by atoms with Gasteiger partial charge < -0.3 is 5.11 Å². The van der Waals surface area contributed by atoms with Crippen molar-refractivity contribution in [1.29, 1.82) is 0 Å². The molecule has 0 aromatic carbocycles. The van der Waals surface area contributed by atoms with E-state index in [9.17, 15) is 4.79 Å². The molecule has 0 spiro atoms. The fourth-order valence-electron chi connectivity index (χ4n) is 3.97. The highest BCUT2D eigenvalue weighted by Crippen LogP contribution is 2.40. The van der Waals surface area contributed by atoms with Crippen molar-refractivity contribution in [2.24, 2.45) is 5.92 Å². The summed E-state index contributed by atoms with van der Waals surface area (Å²) in [5.74, 6) is -0.275. The Morgan fingerprint density at radius 2 is 2.05 bits per heavy atom. The standard InChI is InChI=1S/C16H22N2O2/c1-11-4-13(9-17-8-11)10-18-14-2-3-15(18)6-12(5-14)7-16(19)20/h4,8-9,12,14-15H,2-3,5-7,10H2,1H3,(H,19,20). The zero-order valence-corrected chi connectivity index (χ0v) is 12.0. The van der Waals surface area contributed by atoms with Crippen molar-refractivity contribution in [2.45, 2.75) is 57.7 Å². The molecule has 4 heteroatoms. The number of hydrogen-bond donors (Lipinski definition) is 1. The molecule has 0 amide bonds. The molecule has 2 unspecified atom stereocenters. The fraction of sp³-hybridized carbons (Fsp3) is 0.625. The van der Waals surface area contributed by atoms with E-state index < -0.39 is 5.97 Å². The number of fused-ring (bicyclic) bond motifs is 2. The van der Waals surface area contributed by atoms with E-state index in [1.165, 1.54) is 24.0 Å². The lowest BCUT2D eigenvalue weighted by molar-refractivity contribution is -0.138. The van der Waals surface area contributed by atoms with Gasteiger partial charge in [-0.1, -0.05) is 6.07 Å². The molecule has 1 N–H and O–H groups in total. The van der Waals surface area contributed by atoms with Gasteiger partial charge in [-0.25, -0.2) is 0 Å². The second kappa shape index (κ2) is 5.52. The Morgan fingerprint density at radius 1 is 1.35 bits per heavy atom. The monoisotopic (exact) mass is 274 g/mol. The normalized spacial score (nSPS) is 29.6. The molecule has 20 heavy (non-hydrogen) atoms. The number of rotatable bonds is 4. The molecule has 0 saturated carbocycles. The minimum atomic E-state index is -0.647. The second-order valence-electron chi connectivity index (χ2n) is 6.36. The fourth-order valence-corrected chi connectivity index (χ4v) is 3.97. The summed E-state index contributed by atoms with van der Waals surface area (Å²) in [7, 11) is 0. The maximum Gasteiger partial charge on any atom is 0.303 e. The van der Waals surface area contributed by atoms with E-state index in [4.69, 9.17) is 5.11 Å². The van der Waals surface area contributed by atoms with Crippen LogP contribution in [0.4, 0.5) is 0 Å². The zero-order chi connectivity index (χ0) is 14.1. The van der Waals surface area contributed by atoms with Crippen LogP contribution in [0.25, 0.3) is 0 Å². The molecule has 2 atom stereocenters. The van der Waals surface area contributed by atoms with E-state index in [0.717, 1.165) is 19.4 Å². The number of piperidine rings is 1. The number of hydrogen-bond acceptors (Lipinski definition) is 3. The Kier molecular flexibility index (Phi) is 3.74. The summed E-state index contributed by atoms with van der Waals surface area (Å²) in [6.45, 7) is 3.04. The Balaban J connectivity index is 1.66. The number of aromatic nitrogens is 1. The predicted molar refractivity (Wildman–Crippen MR) is 76.3 cm³/mol. The van der Waals surface area contributed by atoms with Gasteiger partial charge in [-0.15, -0.1) is 0 Å². The summed E-state index contributed by atoms with van der Waals surface area (Å²) in [5, 5.41) is 8.97. The molecule has 4 nitrogen and oxygen atoms in total. The van der Waals surface area contributed by atoms with Crippen LogP contribution in [0.2, 0.25) is 0 Å². The zero-order valence-electron chi connectivity index (χ0n) is 12.0. The lowest BCUT2D eigenvalue weighted by Crippen LogP contribution is -2.42. The van der Waals surface area contributed by atoms with Crippen molar-refractivity contribution < 1.29 is 9.90 Å². The van der Waals surface area contributed by atoms with Crippen molar-refractivity contribution in [3.63, 3.8) is 0 Å². The van der Waals surface area contributed by atoms with Gasteiger partial charge in [-0.3, -0.25) is 14.7 Å². The SMILES string of the molecule is Cc1cncc(CN2C3CCC2CC(CC(=O)O)C3)c1. The van der Waals surface area contributed by atoms with Crippen molar-refractivity contribution in [2.75, 3.05) is 0 Å². The van der Waals surface area contributed by atoms with Crippen LogP contribution in [0.1, 0.15) is 43.2 Å². The summed E-state index contributed by atoms with van der Waals surface area (Å²) >= 11 is 0. The number of aryl methyl sites for hydroxylation is 1. The lowest BCUT2D eigenvalue weighted by Gasteiger charge is -2.38. The first-order chi connectivity index (χ1) is 9.61. The van der Waals surface area contributed by atoms with Gasteiger partial charge in [0.05, 0.1) is 0 Å². The van der Waals surface area contributed by atoms with Crippen LogP contribution in [0.3, 0.4) is 0 Å². The number of nitrogens with zero attached hydrogens (tertiary/aromatic N) is 2. The molecule has 2 saturated heterocycles. The molecule has 3 rings (SSSR count). The molecule has 2 fully saturated rings. The topological polar surface area (TPSA) is 53.4 Å². The van der Waals surface area contributed by atoms with Gasteiger partial charge in [0.15, 0.2) is 0 Å². The van der Waals surface area contributed by atoms with E-state index in [0.29, 0.717) is 24.4 Å². The van der Waals surface area contributed by atoms with Crippen molar-refractivity contribution in [1.82, 2.24) is 9.88 Å². The molecule has 2 bridgehead atoms. The highest BCUT2D eigenvalue weighted by molar-refractivity contribution is 5.67. The minimum Gasteiger partial charge on any atom is -0.481 e. The van der Waals surface area contributed by atoms with Crippen molar-refractivity contribution in [3.8, 4) is 0 Å². The molecule has 2 aliphatic rings. The van der Waals surface area contributed by atoms with Crippen LogP contribution >= 0.6 is 0 Å². The molecular formula is C16H22N2O2. The van der Waals surface area contributed by atoms with Crippen LogP contribution in [0.5, 0.6) is 0 Å². The highest BCUT2D eigenvalue weighted by atomic mass is 16.4. The van der Waals surface area contributed by atoms with Gasteiger partial charge in [-0.2, -0.15) is 0 Å². The predicted octanol–water partition coefficient (Wildman–Crippen LogP) is 2.61. The van der Waals surface area contributed by atoms with Gasteiger partial charge in [0, 0.05) is 37.4 Å². The van der Waals surface area contributed by atoms with E-state index in [2.05, 4.69) is 22.9 Å². The highest BCUT2D eigenvalue weighted by Gasteiger charge is 2.40. The maximum absolute atomic E-state index is 10.9. The average Bonchev–Trinajstić information content (AvgIpc) is 2.61. The summed E-state index contributed by atoms with van der Waals surface area (Å²) in [6, 6.07) is 3.34. The minimum absolute atomic E-state index is 0.340. The van der Waals surface area contributed by atoms with E-state index in [1.807, 2.05) is 12.4 Å². The molecule has 1 aromatic heterocycles. The number of carbonyl (C=O) groups is 1. The Morgan fingerprint density at radius 3 is 2.65 bits per heavy atom. The Labute approximate surface area is 119 Å². The Hall–Kier alpha value is -1.42. The van der Waals surface area contributed by atoms with Crippen LogP contribution in [0, 0.1) is 12.8 Å². The van der Waals surface area contributed by atoms with Gasteiger partial charge in [0.1, 0.15) is 0 Å². The van der Waals surface area contributed by atoms with E-state index in [1.54, 1.807) is 0 Å².